The van der Waals surface area contributed by atoms with Gasteiger partial charge in [-0.15, -0.1) is 0 Å². The summed E-state index contributed by atoms with van der Waals surface area (Å²) >= 11 is 3.34. The first-order valence-electron chi connectivity index (χ1n) is 5.79. The Bertz CT molecular complexity index is 789. The molecule has 0 saturated heterocycles. The number of halogens is 1. The molecule has 0 aliphatic rings. The van der Waals surface area contributed by atoms with Gasteiger partial charge in [0.2, 0.25) is 0 Å². The molecule has 0 saturated carbocycles. The second-order valence-corrected chi connectivity index (χ2v) is 5.23. The largest absolute Gasteiger partial charge is 0.306 e. The molecule has 3 heterocycles. The first kappa shape index (κ1) is 12.1. The highest BCUT2D eigenvalue weighted by molar-refractivity contribution is 9.10. The van der Waals surface area contributed by atoms with Crippen molar-refractivity contribution in [3.05, 3.63) is 63.0 Å². The molecule has 3 rings (SSSR count). The molecule has 0 spiro atoms. The van der Waals surface area contributed by atoms with Gasteiger partial charge in [-0.1, -0.05) is 0 Å². The zero-order valence-corrected chi connectivity index (χ0v) is 11.8. The van der Waals surface area contributed by atoms with Crippen molar-refractivity contribution in [2.24, 2.45) is 0 Å². The summed E-state index contributed by atoms with van der Waals surface area (Å²) in [6, 6.07) is 5.59. The van der Waals surface area contributed by atoms with Gasteiger partial charge in [-0.25, -0.2) is 4.52 Å². The fraction of sp³-hybridized carbons (Fsp3) is 0.154. The Hall–Kier alpha value is -1.95. The molecule has 3 aromatic rings. The Kier molecular flexibility index (Phi) is 2.94. The van der Waals surface area contributed by atoms with E-state index in [1.165, 1.54) is 0 Å². The van der Waals surface area contributed by atoms with Crippen LogP contribution in [0.15, 0.2) is 46.1 Å². The van der Waals surface area contributed by atoms with Gasteiger partial charge in [0.25, 0.3) is 5.56 Å². The smallest absolute Gasteiger partial charge is 0.276 e. The lowest BCUT2D eigenvalue weighted by Gasteiger charge is -2.05. The van der Waals surface area contributed by atoms with E-state index in [1.54, 1.807) is 33.7 Å². The van der Waals surface area contributed by atoms with E-state index >= 15 is 0 Å². The van der Waals surface area contributed by atoms with Crippen LogP contribution in [-0.4, -0.2) is 19.2 Å². The second kappa shape index (κ2) is 4.62. The molecule has 5 nitrogen and oxygen atoms in total. The molecular weight excluding hydrogens is 308 g/mol. The first-order chi connectivity index (χ1) is 9.13. The lowest BCUT2D eigenvalue weighted by atomic mass is 10.3. The molecule has 0 aliphatic heterocycles. The minimum Gasteiger partial charge on any atom is -0.306 e. The van der Waals surface area contributed by atoms with Gasteiger partial charge < -0.3 is 4.57 Å². The third-order valence-corrected chi connectivity index (χ3v) is 3.32. The van der Waals surface area contributed by atoms with Gasteiger partial charge in [-0.3, -0.25) is 9.78 Å². The zero-order chi connectivity index (χ0) is 13.4. The van der Waals surface area contributed by atoms with E-state index in [-0.39, 0.29) is 5.56 Å². The monoisotopic (exact) mass is 318 g/mol. The van der Waals surface area contributed by atoms with Crippen molar-refractivity contribution in [2.75, 3.05) is 0 Å². The number of fused-ring (bicyclic) bond motifs is 1. The SMILES string of the molecule is Cc1cc2c(=O)n(Cc3ccc(Br)cn3)ccn2n1. The van der Waals surface area contributed by atoms with Crippen LogP contribution in [0.5, 0.6) is 0 Å². The molecule has 0 aromatic carbocycles. The predicted octanol–water partition coefficient (Wildman–Crippen LogP) is 2.01. The van der Waals surface area contributed by atoms with Gasteiger partial charge in [0.15, 0.2) is 0 Å². The van der Waals surface area contributed by atoms with Crippen LogP contribution in [0.2, 0.25) is 0 Å². The second-order valence-electron chi connectivity index (χ2n) is 4.31. The maximum atomic E-state index is 12.3. The predicted molar refractivity (Wildman–Crippen MR) is 75.2 cm³/mol. The van der Waals surface area contributed by atoms with Crippen molar-refractivity contribution in [3.8, 4) is 0 Å². The van der Waals surface area contributed by atoms with Crippen molar-refractivity contribution in [2.45, 2.75) is 13.5 Å². The molecule has 6 heteroatoms. The third-order valence-electron chi connectivity index (χ3n) is 2.85. The maximum Gasteiger partial charge on any atom is 0.276 e. The van der Waals surface area contributed by atoms with Gasteiger partial charge >= 0.3 is 0 Å². The van der Waals surface area contributed by atoms with Gasteiger partial charge in [0.05, 0.1) is 17.9 Å². The minimum atomic E-state index is -0.0622. The highest BCUT2D eigenvalue weighted by atomic mass is 79.9. The molecular formula is C13H11BrN4O. The fourth-order valence-electron chi connectivity index (χ4n) is 1.95. The van der Waals surface area contributed by atoms with E-state index in [9.17, 15) is 4.79 Å². The summed E-state index contributed by atoms with van der Waals surface area (Å²) in [5.74, 6) is 0. The number of pyridine rings is 1. The van der Waals surface area contributed by atoms with Crippen molar-refractivity contribution in [3.63, 3.8) is 0 Å². The van der Waals surface area contributed by atoms with Crippen LogP contribution in [0.4, 0.5) is 0 Å². The number of hydrogen-bond donors (Lipinski definition) is 0. The third kappa shape index (κ3) is 2.31. The summed E-state index contributed by atoms with van der Waals surface area (Å²) < 4.78 is 4.15. The van der Waals surface area contributed by atoms with Crippen LogP contribution < -0.4 is 5.56 Å². The van der Waals surface area contributed by atoms with Crippen LogP contribution in [0.3, 0.4) is 0 Å². The van der Waals surface area contributed by atoms with Crippen LogP contribution in [0.25, 0.3) is 5.52 Å². The molecule has 0 atom stereocenters. The van der Waals surface area contributed by atoms with Crippen molar-refractivity contribution in [1.29, 1.82) is 0 Å². The topological polar surface area (TPSA) is 52.2 Å². The van der Waals surface area contributed by atoms with Crippen LogP contribution in [0.1, 0.15) is 11.4 Å². The van der Waals surface area contributed by atoms with E-state index in [0.717, 1.165) is 15.9 Å². The quantitative estimate of drug-likeness (QED) is 0.726. The molecule has 0 bridgehead atoms. The molecule has 3 aromatic heterocycles. The zero-order valence-electron chi connectivity index (χ0n) is 10.2. The molecule has 19 heavy (non-hydrogen) atoms. The Labute approximate surface area is 117 Å². The molecule has 0 unspecified atom stereocenters. The van der Waals surface area contributed by atoms with E-state index < -0.39 is 0 Å². The molecule has 0 N–H and O–H groups in total. The minimum absolute atomic E-state index is 0.0622. The Morgan fingerprint density at radius 3 is 2.89 bits per heavy atom. The highest BCUT2D eigenvalue weighted by Gasteiger charge is 2.06. The van der Waals surface area contributed by atoms with Crippen molar-refractivity contribution in [1.82, 2.24) is 19.2 Å². The Balaban J connectivity index is 2.03. The summed E-state index contributed by atoms with van der Waals surface area (Å²) in [5, 5.41) is 4.22. The van der Waals surface area contributed by atoms with E-state index in [2.05, 4.69) is 26.0 Å². The van der Waals surface area contributed by atoms with Crippen molar-refractivity contribution < 1.29 is 0 Å². The maximum absolute atomic E-state index is 12.3. The standard InChI is InChI=1S/C13H11BrN4O/c1-9-6-12-13(19)17(4-5-18(12)16-9)8-11-3-2-10(14)7-15-11/h2-7H,8H2,1H3. The molecule has 0 aliphatic carbocycles. The summed E-state index contributed by atoms with van der Waals surface area (Å²) in [6.45, 7) is 2.32. The summed E-state index contributed by atoms with van der Waals surface area (Å²) in [7, 11) is 0. The summed E-state index contributed by atoms with van der Waals surface area (Å²) in [4.78, 5) is 16.5. The van der Waals surface area contributed by atoms with E-state index in [0.29, 0.717) is 12.1 Å². The molecule has 96 valence electrons. The molecule has 0 fully saturated rings. The van der Waals surface area contributed by atoms with Crippen LogP contribution in [-0.2, 0) is 6.54 Å². The summed E-state index contributed by atoms with van der Waals surface area (Å²) in [6.07, 6.45) is 5.23. The number of nitrogens with zero attached hydrogens (tertiary/aromatic N) is 4. The van der Waals surface area contributed by atoms with E-state index in [1.807, 2.05) is 19.1 Å². The fourth-order valence-corrected chi connectivity index (χ4v) is 2.18. The van der Waals surface area contributed by atoms with Crippen LogP contribution in [0, 0.1) is 6.92 Å². The van der Waals surface area contributed by atoms with E-state index in [4.69, 9.17) is 0 Å². The summed E-state index contributed by atoms with van der Waals surface area (Å²) in [5.41, 5.74) is 2.19. The van der Waals surface area contributed by atoms with Gasteiger partial charge in [-0.2, -0.15) is 5.10 Å². The Morgan fingerprint density at radius 2 is 2.16 bits per heavy atom. The molecule has 0 radical (unpaired) electrons. The highest BCUT2D eigenvalue weighted by Crippen LogP contribution is 2.08. The number of aromatic nitrogens is 4. The molecule has 0 amide bonds. The Morgan fingerprint density at radius 1 is 1.32 bits per heavy atom. The normalized spacial score (nSPS) is 11.1. The van der Waals surface area contributed by atoms with Gasteiger partial charge in [0, 0.05) is 23.1 Å². The lowest BCUT2D eigenvalue weighted by molar-refractivity contribution is 0.725. The van der Waals surface area contributed by atoms with Crippen molar-refractivity contribution >= 4 is 21.4 Å². The number of aryl methyl sites for hydroxylation is 1. The van der Waals surface area contributed by atoms with Gasteiger partial charge in [-0.05, 0) is 41.1 Å². The van der Waals surface area contributed by atoms with Crippen LogP contribution >= 0.6 is 15.9 Å². The average Bonchev–Trinajstić information content (AvgIpc) is 2.77. The number of hydrogen-bond acceptors (Lipinski definition) is 3. The average molecular weight is 319 g/mol. The first-order valence-corrected chi connectivity index (χ1v) is 6.58. The van der Waals surface area contributed by atoms with Gasteiger partial charge in [0.1, 0.15) is 5.52 Å². The lowest BCUT2D eigenvalue weighted by Crippen LogP contribution is -2.22. The number of rotatable bonds is 2.